The van der Waals surface area contributed by atoms with Crippen LogP contribution in [0.15, 0.2) is 24.3 Å². The number of likely N-dealkylation sites (N-methyl/N-ethyl adjacent to an activating group) is 1. The molecule has 0 aromatic heterocycles. The topological polar surface area (TPSA) is 97.3 Å². The molecule has 0 radical (unpaired) electrons. The van der Waals surface area contributed by atoms with Gasteiger partial charge in [0.1, 0.15) is 5.75 Å². The van der Waals surface area contributed by atoms with Crippen LogP contribution in [0.3, 0.4) is 0 Å². The molecular formula is C20H32N4O4. The number of ether oxygens (including phenoxy) is 1. The smallest absolute Gasteiger partial charge is 0.229 e. The van der Waals surface area contributed by atoms with Crippen LogP contribution in [0.25, 0.3) is 0 Å². The van der Waals surface area contributed by atoms with E-state index in [9.17, 15) is 9.90 Å². The number of carbonyl (C=O) groups is 1. The minimum atomic E-state index is -0.208. The highest BCUT2D eigenvalue weighted by molar-refractivity contribution is 5.80. The van der Waals surface area contributed by atoms with Crippen molar-refractivity contribution in [3.05, 3.63) is 29.8 Å². The number of carbonyl (C=O) groups excluding carboxylic acids is 1. The number of aliphatic hydroxyl groups excluding tert-OH is 2. The Bertz CT molecular complexity index is 659. The van der Waals surface area contributed by atoms with E-state index in [1.54, 1.807) is 7.11 Å². The van der Waals surface area contributed by atoms with Crippen LogP contribution >= 0.6 is 0 Å². The van der Waals surface area contributed by atoms with Crippen LogP contribution in [0, 0.1) is 17.8 Å². The van der Waals surface area contributed by atoms with Crippen LogP contribution in [0.2, 0.25) is 0 Å². The maximum atomic E-state index is 13.3. The molecular weight excluding hydrogens is 360 g/mol. The van der Waals surface area contributed by atoms with Crippen molar-refractivity contribution in [1.29, 1.82) is 0 Å². The lowest BCUT2D eigenvalue weighted by Gasteiger charge is -2.25. The molecule has 3 rings (SSSR count). The average molecular weight is 393 g/mol. The Balaban J connectivity index is 1.68. The summed E-state index contributed by atoms with van der Waals surface area (Å²) in [5.41, 5.74) is 7.36. The number of hydrogen-bond acceptors (Lipinski definition) is 7. The van der Waals surface area contributed by atoms with E-state index in [1.165, 1.54) is 0 Å². The van der Waals surface area contributed by atoms with E-state index in [4.69, 9.17) is 9.84 Å². The fraction of sp³-hybridized carbons (Fsp3) is 0.650. The molecule has 2 saturated heterocycles. The fourth-order valence-corrected chi connectivity index (χ4v) is 4.31. The zero-order chi connectivity index (χ0) is 20.1. The summed E-state index contributed by atoms with van der Waals surface area (Å²) in [4.78, 5) is 17.2. The van der Waals surface area contributed by atoms with Gasteiger partial charge in [-0.05, 0) is 30.7 Å². The van der Waals surface area contributed by atoms with Gasteiger partial charge in [0.05, 0.1) is 25.7 Å². The van der Waals surface area contributed by atoms with Gasteiger partial charge in [-0.15, -0.1) is 0 Å². The second kappa shape index (κ2) is 9.67. The van der Waals surface area contributed by atoms with E-state index in [0.29, 0.717) is 26.2 Å². The zero-order valence-corrected chi connectivity index (χ0v) is 16.7. The maximum Gasteiger partial charge on any atom is 0.229 e. The minimum absolute atomic E-state index is 0.0713. The largest absolute Gasteiger partial charge is 0.497 e. The molecule has 2 fully saturated rings. The number of amides is 1. The van der Waals surface area contributed by atoms with Crippen molar-refractivity contribution in [1.82, 2.24) is 20.7 Å². The Morgan fingerprint density at radius 2 is 2.11 bits per heavy atom. The van der Waals surface area contributed by atoms with Crippen molar-refractivity contribution in [2.45, 2.75) is 6.04 Å². The van der Waals surface area contributed by atoms with E-state index in [2.05, 4.69) is 15.8 Å². The van der Waals surface area contributed by atoms with Gasteiger partial charge in [0.25, 0.3) is 0 Å². The molecule has 1 aromatic rings. The van der Waals surface area contributed by atoms with Crippen molar-refractivity contribution in [2.75, 3.05) is 60.1 Å². The van der Waals surface area contributed by atoms with Crippen LogP contribution in [0.5, 0.6) is 5.75 Å². The second-order valence-corrected chi connectivity index (χ2v) is 7.82. The summed E-state index contributed by atoms with van der Waals surface area (Å²) in [6.45, 7) is 3.32. The molecule has 8 nitrogen and oxygen atoms in total. The molecule has 1 aromatic carbocycles. The molecule has 2 aliphatic rings. The van der Waals surface area contributed by atoms with Gasteiger partial charge in [-0.3, -0.25) is 10.2 Å². The van der Waals surface area contributed by atoms with E-state index in [1.807, 2.05) is 36.2 Å². The minimum Gasteiger partial charge on any atom is -0.497 e. The predicted octanol–water partition coefficient (Wildman–Crippen LogP) is -0.549. The highest BCUT2D eigenvalue weighted by Crippen LogP contribution is 2.32. The summed E-state index contributed by atoms with van der Waals surface area (Å²) < 4.78 is 5.32. The number of hydrazine groups is 1. The first-order valence-corrected chi connectivity index (χ1v) is 9.88. The average Bonchev–Trinajstić information content (AvgIpc) is 3.34. The van der Waals surface area contributed by atoms with Crippen LogP contribution in [0.4, 0.5) is 0 Å². The maximum absolute atomic E-state index is 13.3. The summed E-state index contributed by atoms with van der Waals surface area (Å²) >= 11 is 0. The molecule has 0 spiro atoms. The zero-order valence-electron chi connectivity index (χ0n) is 16.7. The van der Waals surface area contributed by atoms with E-state index in [0.717, 1.165) is 17.9 Å². The monoisotopic (exact) mass is 392 g/mol. The van der Waals surface area contributed by atoms with Gasteiger partial charge in [-0.1, -0.05) is 12.1 Å². The molecule has 4 N–H and O–H groups in total. The number of aliphatic hydroxyl groups is 2. The molecule has 2 unspecified atom stereocenters. The Morgan fingerprint density at radius 1 is 1.32 bits per heavy atom. The quantitative estimate of drug-likeness (QED) is 0.471. The molecule has 0 saturated carbocycles. The van der Waals surface area contributed by atoms with Crippen LogP contribution in [-0.2, 0) is 4.79 Å². The first-order valence-electron chi connectivity index (χ1n) is 9.88. The molecule has 4 atom stereocenters. The van der Waals surface area contributed by atoms with Crippen molar-refractivity contribution in [3.63, 3.8) is 0 Å². The number of rotatable bonds is 8. The van der Waals surface area contributed by atoms with Gasteiger partial charge in [0, 0.05) is 45.2 Å². The number of methoxy groups -OCH3 is 1. The lowest BCUT2D eigenvalue weighted by atomic mass is 9.93. The summed E-state index contributed by atoms with van der Waals surface area (Å²) in [6.07, 6.45) is 0. The Hall–Kier alpha value is -1.71. The third-order valence-electron chi connectivity index (χ3n) is 5.90. The molecule has 0 bridgehead atoms. The summed E-state index contributed by atoms with van der Waals surface area (Å²) in [7, 11) is 3.59. The lowest BCUT2D eigenvalue weighted by molar-refractivity contribution is -0.134. The SMILES string of the molecule is COc1cccc(C2NNCC2C(=O)N2C[C@@H](CN(C)CCO)[C@@H](CO)C2)c1. The molecule has 28 heavy (non-hydrogen) atoms. The normalized spacial score (nSPS) is 27.5. The molecule has 1 amide bonds. The van der Waals surface area contributed by atoms with Crippen molar-refractivity contribution in [2.24, 2.45) is 17.8 Å². The predicted molar refractivity (Wildman–Crippen MR) is 106 cm³/mol. The van der Waals surface area contributed by atoms with Crippen molar-refractivity contribution >= 4 is 5.91 Å². The highest BCUT2D eigenvalue weighted by Gasteiger charge is 2.41. The third-order valence-corrected chi connectivity index (χ3v) is 5.90. The molecule has 8 heteroatoms. The Kier molecular flexibility index (Phi) is 7.25. The number of likely N-dealkylation sites (tertiary alicyclic amines) is 1. The van der Waals surface area contributed by atoms with E-state index < -0.39 is 0 Å². The van der Waals surface area contributed by atoms with Crippen molar-refractivity contribution < 1.29 is 19.7 Å². The van der Waals surface area contributed by atoms with Gasteiger partial charge < -0.3 is 24.7 Å². The Labute approximate surface area is 166 Å². The molecule has 0 aliphatic carbocycles. The van der Waals surface area contributed by atoms with Crippen LogP contribution in [0.1, 0.15) is 11.6 Å². The van der Waals surface area contributed by atoms with Gasteiger partial charge in [-0.25, -0.2) is 5.43 Å². The van der Waals surface area contributed by atoms with Crippen LogP contribution in [-0.4, -0.2) is 86.0 Å². The highest BCUT2D eigenvalue weighted by atomic mass is 16.5. The standard InChI is InChI=1S/C20H32N4O4/c1-23(6-7-25)10-15-11-24(12-16(15)13-26)20(27)18-9-21-22-19(18)14-4-3-5-17(8-14)28-2/h3-5,8,15-16,18-19,21-22,25-26H,6-7,9-13H2,1-2H3/t15-,16-,18?,19?/m1/s1. The number of hydrogen-bond donors (Lipinski definition) is 4. The molecule has 2 heterocycles. The van der Waals surface area contributed by atoms with Gasteiger partial charge in [0.2, 0.25) is 5.91 Å². The van der Waals surface area contributed by atoms with Gasteiger partial charge in [0.15, 0.2) is 0 Å². The van der Waals surface area contributed by atoms with E-state index >= 15 is 0 Å². The van der Waals surface area contributed by atoms with E-state index in [-0.39, 0.29) is 42.9 Å². The first-order chi connectivity index (χ1) is 13.6. The number of benzene rings is 1. The summed E-state index contributed by atoms with van der Waals surface area (Å²) in [6, 6.07) is 7.66. The second-order valence-electron chi connectivity index (χ2n) is 7.82. The van der Waals surface area contributed by atoms with Gasteiger partial charge in [-0.2, -0.15) is 0 Å². The van der Waals surface area contributed by atoms with Crippen LogP contribution < -0.4 is 15.6 Å². The summed E-state index contributed by atoms with van der Waals surface area (Å²) in [5, 5.41) is 18.9. The molecule has 2 aliphatic heterocycles. The van der Waals surface area contributed by atoms with Crippen molar-refractivity contribution in [3.8, 4) is 5.75 Å². The first kappa shape index (κ1) is 21.0. The molecule has 156 valence electrons. The third kappa shape index (κ3) is 4.64. The number of nitrogens with zero attached hydrogens (tertiary/aromatic N) is 2. The van der Waals surface area contributed by atoms with Gasteiger partial charge >= 0.3 is 0 Å². The lowest BCUT2D eigenvalue weighted by Crippen LogP contribution is -2.38. The summed E-state index contributed by atoms with van der Waals surface area (Å²) in [5.74, 6) is 0.952. The Morgan fingerprint density at radius 3 is 2.82 bits per heavy atom. The fourth-order valence-electron chi connectivity index (χ4n) is 4.31. The number of nitrogens with one attached hydrogen (secondary N) is 2.